The predicted molar refractivity (Wildman–Crippen MR) is 65.3 cm³/mol. The van der Waals surface area contributed by atoms with E-state index in [2.05, 4.69) is 5.32 Å². The molecule has 106 valence electrons. The third kappa shape index (κ3) is 4.26. The SMILES string of the molecule is FC(F)(F)c1cc(Cl)cc(NCC2CCOCO2)c1. The van der Waals surface area contributed by atoms with Gasteiger partial charge in [-0.2, -0.15) is 13.2 Å². The summed E-state index contributed by atoms with van der Waals surface area (Å²) in [6.45, 7) is 1.23. The van der Waals surface area contributed by atoms with E-state index in [-0.39, 0.29) is 17.9 Å². The lowest BCUT2D eigenvalue weighted by atomic mass is 10.2. The molecule has 1 aliphatic rings. The molecule has 0 amide bonds. The quantitative estimate of drug-likeness (QED) is 0.925. The minimum atomic E-state index is -4.41. The lowest BCUT2D eigenvalue weighted by Gasteiger charge is -2.23. The first kappa shape index (κ1) is 14.4. The van der Waals surface area contributed by atoms with Crippen molar-refractivity contribution in [2.75, 3.05) is 25.3 Å². The Morgan fingerprint density at radius 3 is 2.74 bits per heavy atom. The van der Waals surface area contributed by atoms with Crippen molar-refractivity contribution in [3.63, 3.8) is 0 Å². The summed E-state index contributed by atoms with van der Waals surface area (Å²) in [4.78, 5) is 0. The average molecular weight is 296 g/mol. The second kappa shape index (κ2) is 5.98. The molecule has 1 atom stereocenters. The Labute approximate surface area is 113 Å². The van der Waals surface area contributed by atoms with E-state index in [1.165, 1.54) is 6.07 Å². The van der Waals surface area contributed by atoms with Gasteiger partial charge in [-0.1, -0.05) is 11.6 Å². The van der Waals surface area contributed by atoms with E-state index in [4.69, 9.17) is 21.1 Å². The van der Waals surface area contributed by atoms with Gasteiger partial charge in [0.25, 0.3) is 0 Å². The Hall–Kier alpha value is -0.980. The maximum absolute atomic E-state index is 12.6. The second-order valence-electron chi connectivity index (χ2n) is 4.21. The molecular formula is C12H13ClF3NO2. The highest BCUT2D eigenvalue weighted by Crippen LogP contribution is 2.33. The number of anilines is 1. The van der Waals surface area contributed by atoms with Crippen LogP contribution in [0.3, 0.4) is 0 Å². The van der Waals surface area contributed by atoms with Crippen LogP contribution in [0.1, 0.15) is 12.0 Å². The Kier molecular flexibility index (Phi) is 4.54. The summed E-state index contributed by atoms with van der Waals surface area (Å²) in [6.07, 6.45) is -3.77. The first-order chi connectivity index (χ1) is 8.95. The summed E-state index contributed by atoms with van der Waals surface area (Å²) in [6, 6.07) is 3.39. The second-order valence-corrected chi connectivity index (χ2v) is 4.65. The molecule has 1 aliphatic heterocycles. The van der Waals surface area contributed by atoms with Crippen LogP contribution in [0, 0.1) is 0 Å². The summed E-state index contributed by atoms with van der Waals surface area (Å²) < 4.78 is 48.1. The number of hydrogen-bond acceptors (Lipinski definition) is 3. The van der Waals surface area contributed by atoms with Crippen LogP contribution < -0.4 is 5.32 Å². The average Bonchev–Trinajstić information content (AvgIpc) is 2.36. The van der Waals surface area contributed by atoms with Gasteiger partial charge in [-0.3, -0.25) is 0 Å². The van der Waals surface area contributed by atoms with Crippen LogP contribution in [0.2, 0.25) is 5.02 Å². The van der Waals surface area contributed by atoms with E-state index < -0.39 is 11.7 Å². The van der Waals surface area contributed by atoms with Crippen LogP contribution >= 0.6 is 11.6 Å². The number of alkyl halides is 3. The maximum Gasteiger partial charge on any atom is 0.416 e. The van der Waals surface area contributed by atoms with Crippen molar-refractivity contribution in [2.45, 2.75) is 18.7 Å². The van der Waals surface area contributed by atoms with E-state index in [1.807, 2.05) is 0 Å². The van der Waals surface area contributed by atoms with Crippen LogP contribution in [0.25, 0.3) is 0 Å². The zero-order valence-corrected chi connectivity index (χ0v) is 10.7. The van der Waals surface area contributed by atoms with Crippen molar-refractivity contribution >= 4 is 17.3 Å². The van der Waals surface area contributed by atoms with Gasteiger partial charge in [0.15, 0.2) is 0 Å². The summed E-state index contributed by atoms with van der Waals surface area (Å²) in [7, 11) is 0. The van der Waals surface area contributed by atoms with Gasteiger partial charge in [-0.15, -0.1) is 0 Å². The molecule has 0 spiro atoms. The molecule has 3 nitrogen and oxygen atoms in total. The first-order valence-corrected chi connectivity index (χ1v) is 6.14. The minimum Gasteiger partial charge on any atom is -0.382 e. The lowest BCUT2D eigenvalue weighted by Crippen LogP contribution is -2.30. The van der Waals surface area contributed by atoms with Crippen LogP contribution in [-0.2, 0) is 15.7 Å². The number of halogens is 4. The summed E-state index contributed by atoms with van der Waals surface area (Å²) in [5.41, 5.74) is -0.440. The normalized spacial score (nSPS) is 20.3. The molecule has 1 fully saturated rings. The molecular weight excluding hydrogens is 283 g/mol. The molecule has 1 unspecified atom stereocenters. The van der Waals surface area contributed by atoms with Crippen molar-refractivity contribution in [2.24, 2.45) is 0 Å². The number of benzene rings is 1. The minimum absolute atomic E-state index is 0.0465. The topological polar surface area (TPSA) is 30.5 Å². The van der Waals surface area contributed by atoms with Gasteiger partial charge in [0.1, 0.15) is 6.79 Å². The first-order valence-electron chi connectivity index (χ1n) is 5.76. The van der Waals surface area contributed by atoms with Gasteiger partial charge in [-0.25, -0.2) is 0 Å². The molecule has 1 saturated heterocycles. The van der Waals surface area contributed by atoms with Crippen LogP contribution in [0.5, 0.6) is 0 Å². The van der Waals surface area contributed by atoms with Crippen molar-refractivity contribution in [1.82, 2.24) is 0 Å². The molecule has 1 aromatic rings. The zero-order valence-electron chi connectivity index (χ0n) is 9.97. The Morgan fingerprint density at radius 1 is 1.32 bits per heavy atom. The molecule has 0 bridgehead atoms. The van der Waals surface area contributed by atoms with Crippen molar-refractivity contribution in [3.8, 4) is 0 Å². The van der Waals surface area contributed by atoms with Gasteiger partial charge in [0.2, 0.25) is 0 Å². The van der Waals surface area contributed by atoms with E-state index in [0.29, 0.717) is 25.3 Å². The van der Waals surface area contributed by atoms with E-state index in [1.54, 1.807) is 0 Å². The van der Waals surface area contributed by atoms with Gasteiger partial charge in [0, 0.05) is 17.3 Å². The molecule has 19 heavy (non-hydrogen) atoms. The van der Waals surface area contributed by atoms with Crippen LogP contribution in [-0.4, -0.2) is 26.0 Å². The van der Waals surface area contributed by atoms with Crippen molar-refractivity contribution in [1.29, 1.82) is 0 Å². The molecule has 1 aromatic carbocycles. The van der Waals surface area contributed by atoms with Crippen LogP contribution in [0.15, 0.2) is 18.2 Å². The summed E-state index contributed by atoms with van der Waals surface area (Å²) in [5, 5.41) is 2.95. The summed E-state index contributed by atoms with van der Waals surface area (Å²) in [5.74, 6) is 0. The third-order valence-electron chi connectivity index (χ3n) is 2.73. The van der Waals surface area contributed by atoms with Crippen molar-refractivity contribution in [3.05, 3.63) is 28.8 Å². The Balaban J connectivity index is 2.01. The smallest absolute Gasteiger partial charge is 0.382 e. The highest BCUT2D eigenvalue weighted by atomic mass is 35.5. The molecule has 1 N–H and O–H groups in total. The molecule has 7 heteroatoms. The number of nitrogens with one attached hydrogen (secondary N) is 1. The highest BCUT2D eigenvalue weighted by molar-refractivity contribution is 6.30. The van der Waals surface area contributed by atoms with E-state index >= 15 is 0 Å². The molecule has 2 rings (SSSR count). The molecule has 0 aliphatic carbocycles. The van der Waals surface area contributed by atoms with Crippen molar-refractivity contribution < 1.29 is 22.6 Å². The Morgan fingerprint density at radius 2 is 2.11 bits per heavy atom. The van der Waals surface area contributed by atoms with Gasteiger partial charge in [0.05, 0.1) is 18.3 Å². The largest absolute Gasteiger partial charge is 0.416 e. The van der Waals surface area contributed by atoms with E-state index in [9.17, 15) is 13.2 Å². The van der Waals surface area contributed by atoms with E-state index in [0.717, 1.165) is 12.1 Å². The zero-order chi connectivity index (χ0) is 13.9. The molecule has 1 heterocycles. The van der Waals surface area contributed by atoms with Gasteiger partial charge < -0.3 is 14.8 Å². The fraction of sp³-hybridized carbons (Fsp3) is 0.500. The van der Waals surface area contributed by atoms with Crippen LogP contribution in [0.4, 0.5) is 18.9 Å². The fourth-order valence-corrected chi connectivity index (χ4v) is 1.98. The molecule has 0 radical (unpaired) electrons. The number of hydrogen-bond donors (Lipinski definition) is 1. The fourth-order valence-electron chi connectivity index (χ4n) is 1.75. The highest BCUT2D eigenvalue weighted by Gasteiger charge is 2.31. The lowest BCUT2D eigenvalue weighted by molar-refractivity contribution is -0.137. The Bertz CT molecular complexity index is 433. The summed E-state index contributed by atoms with van der Waals surface area (Å²) >= 11 is 5.69. The van der Waals surface area contributed by atoms with Gasteiger partial charge >= 0.3 is 6.18 Å². The standard InChI is InChI=1S/C12H13ClF3NO2/c13-9-3-8(12(14,15)16)4-10(5-9)17-6-11-1-2-18-7-19-11/h3-5,11,17H,1-2,6-7H2. The molecule has 0 saturated carbocycles. The third-order valence-corrected chi connectivity index (χ3v) is 2.95. The number of ether oxygens (including phenoxy) is 2. The monoisotopic (exact) mass is 295 g/mol. The maximum atomic E-state index is 12.6. The molecule has 0 aromatic heterocycles. The van der Waals surface area contributed by atoms with Gasteiger partial charge in [-0.05, 0) is 24.6 Å². The predicted octanol–water partition coefficient (Wildman–Crippen LogP) is 3.53. The number of rotatable bonds is 3.